The summed E-state index contributed by atoms with van der Waals surface area (Å²) < 4.78 is 6.18. The maximum absolute atomic E-state index is 6.18. The van der Waals surface area contributed by atoms with Crippen molar-refractivity contribution in [3.05, 3.63) is 145 Å². The summed E-state index contributed by atoms with van der Waals surface area (Å²) in [4.78, 5) is 0. The van der Waals surface area contributed by atoms with Crippen molar-refractivity contribution in [3.8, 4) is 33.4 Å². The van der Waals surface area contributed by atoms with Crippen LogP contribution in [0.3, 0.4) is 0 Å². The van der Waals surface area contributed by atoms with E-state index in [1.165, 1.54) is 66.1 Å². The minimum atomic E-state index is -0.100. The second-order valence-corrected chi connectivity index (χ2v) is 12.0. The average Bonchev–Trinajstić information content (AvgIpc) is 3.52. The summed E-state index contributed by atoms with van der Waals surface area (Å²) in [6.07, 6.45) is 0. The topological polar surface area (TPSA) is 13.1 Å². The highest BCUT2D eigenvalue weighted by Crippen LogP contribution is 2.54. The monoisotopic (exact) mass is 536 g/mol. The van der Waals surface area contributed by atoms with Crippen molar-refractivity contribution in [1.82, 2.24) is 0 Å². The van der Waals surface area contributed by atoms with Gasteiger partial charge in [-0.05, 0) is 84.3 Å². The molecule has 1 aliphatic carbocycles. The number of fused-ring (bicyclic) bond motifs is 8. The number of rotatable bonds is 2. The van der Waals surface area contributed by atoms with E-state index in [0.717, 1.165) is 21.9 Å². The molecule has 1 heteroatoms. The molecule has 0 fully saturated rings. The maximum Gasteiger partial charge on any atom is 0.135 e. The smallest absolute Gasteiger partial charge is 0.135 e. The molecule has 0 unspecified atom stereocenters. The summed E-state index contributed by atoms with van der Waals surface area (Å²) in [6.45, 7) is 4.76. The van der Waals surface area contributed by atoms with E-state index in [4.69, 9.17) is 4.42 Å². The second-order valence-electron chi connectivity index (χ2n) is 12.0. The zero-order valence-corrected chi connectivity index (χ0v) is 23.6. The molecule has 0 saturated heterocycles. The van der Waals surface area contributed by atoms with Gasteiger partial charge in [0.15, 0.2) is 0 Å². The molecule has 7 aromatic carbocycles. The van der Waals surface area contributed by atoms with Gasteiger partial charge in [-0.15, -0.1) is 0 Å². The molecular weight excluding hydrogens is 508 g/mol. The van der Waals surface area contributed by atoms with E-state index in [0.29, 0.717) is 0 Å². The summed E-state index contributed by atoms with van der Waals surface area (Å²) in [5.41, 5.74) is 12.4. The van der Waals surface area contributed by atoms with E-state index >= 15 is 0 Å². The van der Waals surface area contributed by atoms with Gasteiger partial charge in [0.05, 0.1) is 0 Å². The Balaban J connectivity index is 1.40. The summed E-state index contributed by atoms with van der Waals surface area (Å²) in [5.74, 6) is 0. The zero-order valence-electron chi connectivity index (χ0n) is 23.6. The molecule has 0 aliphatic heterocycles. The molecule has 1 aliphatic rings. The summed E-state index contributed by atoms with van der Waals surface area (Å²) in [5, 5.41) is 7.41. The second kappa shape index (κ2) is 8.44. The average molecular weight is 537 g/mol. The highest BCUT2D eigenvalue weighted by molar-refractivity contribution is 6.22. The molecule has 0 N–H and O–H groups in total. The van der Waals surface area contributed by atoms with E-state index in [1.54, 1.807) is 0 Å². The molecule has 0 spiro atoms. The van der Waals surface area contributed by atoms with Crippen LogP contribution in [0.2, 0.25) is 0 Å². The first-order chi connectivity index (χ1) is 20.6. The van der Waals surface area contributed by atoms with Gasteiger partial charge in [-0.1, -0.05) is 129 Å². The lowest BCUT2D eigenvalue weighted by Gasteiger charge is -2.26. The van der Waals surface area contributed by atoms with E-state index < -0.39 is 0 Å². The Bertz CT molecular complexity index is 2330. The lowest BCUT2D eigenvalue weighted by atomic mass is 9.77. The fourth-order valence-corrected chi connectivity index (χ4v) is 7.67. The normalized spacial score (nSPS) is 13.7. The molecule has 0 radical (unpaired) electrons. The van der Waals surface area contributed by atoms with Crippen LogP contribution in [0.15, 0.2) is 138 Å². The van der Waals surface area contributed by atoms with Crippen molar-refractivity contribution >= 4 is 43.5 Å². The van der Waals surface area contributed by atoms with Crippen LogP contribution in [0.1, 0.15) is 25.0 Å². The minimum Gasteiger partial charge on any atom is -0.456 e. The number of hydrogen-bond donors (Lipinski definition) is 0. The lowest BCUT2D eigenvalue weighted by Crippen LogP contribution is -2.16. The molecule has 42 heavy (non-hydrogen) atoms. The Morgan fingerprint density at radius 3 is 1.71 bits per heavy atom. The Hall–Kier alpha value is -5.14. The summed E-state index contributed by atoms with van der Waals surface area (Å²) in [6, 6.07) is 48.7. The zero-order chi connectivity index (χ0) is 28.0. The van der Waals surface area contributed by atoms with Gasteiger partial charge in [0.2, 0.25) is 0 Å². The lowest BCUT2D eigenvalue weighted by molar-refractivity contribution is 0.662. The fraction of sp³-hybridized carbons (Fsp3) is 0.0732. The molecule has 1 heterocycles. The van der Waals surface area contributed by atoms with Gasteiger partial charge in [0.25, 0.3) is 0 Å². The van der Waals surface area contributed by atoms with Crippen LogP contribution in [-0.2, 0) is 5.41 Å². The van der Waals surface area contributed by atoms with Gasteiger partial charge in [-0.25, -0.2) is 0 Å². The third-order valence-corrected chi connectivity index (χ3v) is 9.45. The molecule has 8 aromatic rings. The standard InChI is InChI=1S/C41H28O/c1-41(2)35-20-9-7-12-26(35)32-18-11-19-33(40(32)41)39-30-16-5-3-14-28(30)38(29-15-4-6-17-31(29)39)25-22-23-37-34(24-25)27-13-8-10-21-36(27)42-37/h3-24H,1-2H3. The van der Waals surface area contributed by atoms with Gasteiger partial charge in [-0.2, -0.15) is 0 Å². The Labute approximate surface area is 244 Å². The summed E-state index contributed by atoms with van der Waals surface area (Å²) >= 11 is 0. The van der Waals surface area contributed by atoms with Crippen molar-refractivity contribution < 1.29 is 4.42 Å². The molecule has 198 valence electrons. The number of para-hydroxylation sites is 1. The molecule has 0 atom stereocenters. The third kappa shape index (κ3) is 3.08. The highest BCUT2D eigenvalue weighted by Gasteiger charge is 2.37. The largest absolute Gasteiger partial charge is 0.456 e. The SMILES string of the molecule is CC1(C)c2ccccc2-c2cccc(-c3c4ccccc4c(-c4ccc5oc6ccccc6c5c4)c4ccccc34)c21. The van der Waals surface area contributed by atoms with Crippen LogP contribution in [0.5, 0.6) is 0 Å². The number of furan rings is 1. The number of hydrogen-bond acceptors (Lipinski definition) is 1. The first-order valence-corrected chi connectivity index (χ1v) is 14.7. The van der Waals surface area contributed by atoms with Gasteiger partial charge < -0.3 is 4.42 Å². The molecule has 0 saturated carbocycles. The van der Waals surface area contributed by atoms with Gasteiger partial charge in [0, 0.05) is 16.2 Å². The van der Waals surface area contributed by atoms with Gasteiger partial charge in [0.1, 0.15) is 11.2 Å². The van der Waals surface area contributed by atoms with Crippen molar-refractivity contribution in [2.45, 2.75) is 19.3 Å². The third-order valence-electron chi connectivity index (χ3n) is 9.45. The van der Waals surface area contributed by atoms with Crippen LogP contribution in [-0.4, -0.2) is 0 Å². The molecule has 0 amide bonds. The minimum absolute atomic E-state index is 0.100. The maximum atomic E-state index is 6.18. The first kappa shape index (κ1) is 23.6. The van der Waals surface area contributed by atoms with E-state index in [1.807, 2.05) is 12.1 Å². The summed E-state index contributed by atoms with van der Waals surface area (Å²) in [7, 11) is 0. The van der Waals surface area contributed by atoms with Crippen molar-refractivity contribution in [2.75, 3.05) is 0 Å². The van der Waals surface area contributed by atoms with E-state index in [2.05, 4.69) is 135 Å². The number of benzene rings is 7. The first-order valence-electron chi connectivity index (χ1n) is 14.7. The van der Waals surface area contributed by atoms with E-state index in [-0.39, 0.29) is 5.41 Å². The molecule has 1 nitrogen and oxygen atoms in total. The predicted octanol–water partition coefficient (Wildman–Crippen LogP) is 11.5. The van der Waals surface area contributed by atoms with Crippen LogP contribution in [0.25, 0.3) is 76.9 Å². The Morgan fingerprint density at radius 1 is 0.429 bits per heavy atom. The quantitative estimate of drug-likeness (QED) is 0.200. The molecular formula is C41H28O. The predicted molar refractivity (Wildman–Crippen MR) is 177 cm³/mol. The fourth-order valence-electron chi connectivity index (χ4n) is 7.67. The Morgan fingerprint density at radius 2 is 0.976 bits per heavy atom. The molecule has 9 rings (SSSR count). The Kier molecular flexibility index (Phi) is 4.73. The van der Waals surface area contributed by atoms with Crippen LogP contribution in [0, 0.1) is 0 Å². The van der Waals surface area contributed by atoms with E-state index in [9.17, 15) is 0 Å². The highest BCUT2D eigenvalue weighted by atomic mass is 16.3. The van der Waals surface area contributed by atoms with Crippen molar-refractivity contribution in [1.29, 1.82) is 0 Å². The molecule has 0 bridgehead atoms. The van der Waals surface area contributed by atoms with Crippen LogP contribution in [0.4, 0.5) is 0 Å². The van der Waals surface area contributed by atoms with Crippen LogP contribution >= 0.6 is 0 Å². The van der Waals surface area contributed by atoms with Crippen molar-refractivity contribution in [3.63, 3.8) is 0 Å². The van der Waals surface area contributed by atoms with Crippen LogP contribution < -0.4 is 0 Å². The van der Waals surface area contributed by atoms with Gasteiger partial charge >= 0.3 is 0 Å². The van der Waals surface area contributed by atoms with Gasteiger partial charge in [-0.3, -0.25) is 0 Å². The molecule has 1 aromatic heterocycles. The van der Waals surface area contributed by atoms with Crippen molar-refractivity contribution in [2.24, 2.45) is 0 Å².